The van der Waals surface area contributed by atoms with Gasteiger partial charge >= 0.3 is 0 Å². The number of nitrogens with zero attached hydrogens (tertiary/aromatic N) is 3. The van der Waals surface area contributed by atoms with E-state index in [1.807, 2.05) is 19.2 Å². The second kappa shape index (κ2) is 5.23. The first-order valence-electron chi connectivity index (χ1n) is 5.79. The standard InChI is InChI=1S/C13H11BrClN3S/c1-8-4-10-13(16-6-8)18(12(5-15)17-10)7-9-2-3-11(14)19-9/h2-4,6H,5,7H2,1H3. The zero-order chi connectivity index (χ0) is 13.4. The van der Waals surface area contributed by atoms with Gasteiger partial charge in [0, 0.05) is 11.1 Å². The molecule has 0 aliphatic rings. The molecule has 3 rings (SSSR count). The van der Waals surface area contributed by atoms with Gasteiger partial charge in [-0.1, -0.05) is 0 Å². The Labute approximate surface area is 128 Å². The zero-order valence-corrected chi connectivity index (χ0v) is 13.4. The predicted octanol–water partition coefficient (Wildman–Crippen LogP) is 4.35. The van der Waals surface area contributed by atoms with Gasteiger partial charge in [-0.05, 0) is 46.6 Å². The monoisotopic (exact) mass is 355 g/mol. The third-order valence-electron chi connectivity index (χ3n) is 2.86. The van der Waals surface area contributed by atoms with Crippen LogP contribution in [0.1, 0.15) is 16.3 Å². The Bertz CT molecular complexity index is 735. The van der Waals surface area contributed by atoms with Gasteiger partial charge in [0.2, 0.25) is 0 Å². The maximum atomic E-state index is 6.00. The summed E-state index contributed by atoms with van der Waals surface area (Å²) in [4.78, 5) is 10.3. The number of imidazole rings is 1. The van der Waals surface area contributed by atoms with Crippen LogP contribution in [0.25, 0.3) is 11.2 Å². The highest BCUT2D eigenvalue weighted by molar-refractivity contribution is 9.11. The molecule has 3 aromatic heterocycles. The molecule has 0 N–H and O–H groups in total. The fraction of sp³-hybridized carbons (Fsp3) is 0.231. The lowest BCUT2D eigenvalue weighted by Crippen LogP contribution is -2.03. The molecule has 0 unspecified atom stereocenters. The number of hydrogen-bond donors (Lipinski definition) is 0. The van der Waals surface area contributed by atoms with Crippen molar-refractivity contribution in [3.8, 4) is 0 Å². The molecule has 0 aliphatic heterocycles. The SMILES string of the molecule is Cc1cnc2c(c1)nc(CCl)n2Cc1ccc(Br)s1. The Morgan fingerprint density at radius 1 is 1.42 bits per heavy atom. The summed E-state index contributed by atoms with van der Waals surface area (Å²) in [5.74, 6) is 1.25. The van der Waals surface area contributed by atoms with E-state index in [1.54, 1.807) is 11.3 Å². The summed E-state index contributed by atoms with van der Waals surface area (Å²) in [5.41, 5.74) is 2.91. The fourth-order valence-electron chi connectivity index (χ4n) is 2.02. The average Bonchev–Trinajstić information content (AvgIpc) is 2.94. The van der Waals surface area contributed by atoms with Crippen molar-refractivity contribution < 1.29 is 0 Å². The highest BCUT2D eigenvalue weighted by Gasteiger charge is 2.12. The number of aryl methyl sites for hydroxylation is 1. The van der Waals surface area contributed by atoms with Crippen molar-refractivity contribution in [1.82, 2.24) is 14.5 Å². The Hall–Kier alpha value is -0.910. The summed E-state index contributed by atoms with van der Waals surface area (Å²) < 4.78 is 3.21. The van der Waals surface area contributed by atoms with E-state index < -0.39 is 0 Å². The first kappa shape index (κ1) is 13.1. The van der Waals surface area contributed by atoms with Crippen LogP contribution >= 0.6 is 38.9 Å². The average molecular weight is 357 g/mol. The molecule has 98 valence electrons. The maximum Gasteiger partial charge on any atom is 0.160 e. The normalized spacial score (nSPS) is 11.3. The van der Waals surface area contributed by atoms with E-state index in [0.717, 1.165) is 32.9 Å². The van der Waals surface area contributed by atoms with E-state index in [1.165, 1.54) is 4.88 Å². The Balaban J connectivity index is 2.10. The van der Waals surface area contributed by atoms with Gasteiger partial charge in [0.1, 0.15) is 11.3 Å². The molecule has 0 bridgehead atoms. The van der Waals surface area contributed by atoms with E-state index in [9.17, 15) is 0 Å². The maximum absolute atomic E-state index is 6.00. The summed E-state index contributed by atoms with van der Waals surface area (Å²) in [7, 11) is 0. The summed E-state index contributed by atoms with van der Waals surface area (Å²) >= 11 is 11.2. The van der Waals surface area contributed by atoms with Crippen LogP contribution in [0, 0.1) is 6.92 Å². The minimum atomic E-state index is 0.391. The second-order valence-electron chi connectivity index (χ2n) is 4.31. The van der Waals surface area contributed by atoms with Gasteiger partial charge in [-0.3, -0.25) is 0 Å². The van der Waals surface area contributed by atoms with Crippen LogP contribution in [-0.4, -0.2) is 14.5 Å². The van der Waals surface area contributed by atoms with Gasteiger partial charge in [0.05, 0.1) is 16.2 Å². The van der Waals surface area contributed by atoms with Crippen molar-refractivity contribution in [2.45, 2.75) is 19.3 Å². The molecule has 3 nitrogen and oxygen atoms in total. The molecule has 0 atom stereocenters. The molecule has 0 saturated heterocycles. The van der Waals surface area contributed by atoms with Gasteiger partial charge in [-0.25, -0.2) is 9.97 Å². The number of alkyl halides is 1. The smallest absolute Gasteiger partial charge is 0.160 e. The molecule has 0 fully saturated rings. The van der Waals surface area contributed by atoms with E-state index >= 15 is 0 Å². The first-order chi connectivity index (χ1) is 9.17. The van der Waals surface area contributed by atoms with E-state index in [-0.39, 0.29) is 0 Å². The molecule has 6 heteroatoms. The van der Waals surface area contributed by atoms with E-state index in [2.05, 4.69) is 42.6 Å². The van der Waals surface area contributed by atoms with Crippen LogP contribution < -0.4 is 0 Å². The Morgan fingerprint density at radius 2 is 2.26 bits per heavy atom. The van der Waals surface area contributed by atoms with Crippen molar-refractivity contribution in [1.29, 1.82) is 0 Å². The van der Waals surface area contributed by atoms with Gasteiger partial charge in [-0.2, -0.15) is 0 Å². The summed E-state index contributed by atoms with van der Waals surface area (Å²) in [6.07, 6.45) is 1.86. The summed E-state index contributed by atoms with van der Waals surface area (Å²) in [6, 6.07) is 6.20. The molecule has 0 aliphatic carbocycles. The molecule has 0 radical (unpaired) electrons. The molecule has 0 aromatic carbocycles. The molecule has 0 spiro atoms. The molecular weight excluding hydrogens is 346 g/mol. The first-order valence-corrected chi connectivity index (χ1v) is 7.93. The number of halogens is 2. The summed E-state index contributed by atoms with van der Waals surface area (Å²) in [6.45, 7) is 2.77. The largest absolute Gasteiger partial charge is 0.306 e. The quantitative estimate of drug-likeness (QED) is 0.653. The number of thiophene rings is 1. The lowest BCUT2D eigenvalue weighted by molar-refractivity contribution is 0.780. The van der Waals surface area contributed by atoms with Crippen LogP contribution in [0.3, 0.4) is 0 Å². The van der Waals surface area contributed by atoms with Gasteiger partial charge in [-0.15, -0.1) is 22.9 Å². The number of rotatable bonds is 3. The summed E-state index contributed by atoms with van der Waals surface area (Å²) in [5, 5.41) is 0. The molecule has 19 heavy (non-hydrogen) atoms. The van der Waals surface area contributed by atoms with Crippen molar-refractivity contribution in [2.24, 2.45) is 0 Å². The highest BCUT2D eigenvalue weighted by atomic mass is 79.9. The Kier molecular flexibility index (Phi) is 3.60. The molecule has 3 heterocycles. The van der Waals surface area contributed by atoms with Crippen molar-refractivity contribution in [2.75, 3.05) is 0 Å². The molecule has 0 saturated carbocycles. The minimum absolute atomic E-state index is 0.391. The van der Waals surface area contributed by atoms with Crippen LogP contribution in [0.2, 0.25) is 0 Å². The van der Waals surface area contributed by atoms with Crippen molar-refractivity contribution >= 4 is 50.0 Å². The highest BCUT2D eigenvalue weighted by Crippen LogP contribution is 2.25. The number of pyridine rings is 1. The van der Waals surface area contributed by atoms with E-state index in [4.69, 9.17) is 11.6 Å². The topological polar surface area (TPSA) is 30.7 Å². The predicted molar refractivity (Wildman–Crippen MR) is 82.9 cm³/mol. The number of aromatic nitrogens is 3. The fourth-order valence-corrected chi connectivity index (χ4v) is 3.70. The van der Waals surface area contributed by atoms with Gasteiger partial charge in [0.25, 0.3) is 0 Å². The number of hydrogen-bond acceptors (Lipinski definition) is 3. The third-order valence-corrected chi connectivity index (χ3v) is 4.71. The second-order valence-corrected chi connectivity index (χ2v) is 7.12. The van der Waals surface area contributed by atoms with Gasteiger partial charge in [0.15, 0.2) is 5.65 Å². The van der Waals surface area contributed by atoms with Crippen LogP contribution in [-0.2, 0) is 12.4 Å². The number of fused-ring (bicyclic) bond motifs is 1. The Morgan fingerprint density at radius 3 is 2.95 bits per heavy atom. The zero-order valence-electron chi connectivity index (χ0n) is 10.2. The molecular formula is C13H11BrClN3S. The lowest BCUT2D eigenvalue weighted by Gasteiger charge is -2.05. The van der Waals surface area contributed by atoms with Crippen LogP contribution in [0.4, 0.5) is 0 Å². The van der Waals surface area contributed by atoms with E-state index in [0.29, 0.717) is 5.88 Å². The lowest BCUT2D eigenvalue weighted by atomic mass is 10.3. The van der Waals surface area contributed by atoms with Gasteiger partial charge < -0.3 is 4.57 Å². The minimum Gasteiger partial charge on any atom is -0.306 e. The molecule has 0 amide bonds. The van der Waals surface area contributed by atoms with Crippen molar-refractivity contribution in [3.63, 3.8) is 0 Å². The van der Waals surface area contributed by atoms with Crippen LogP contribution in [0.15, 0.2) is 28.2 Å². The van der Waals surface area contributed by atoms with Crippen molar-refractivity contribution in [3.05, 3.63) is 44.4 Å². The third kappa shape index (κ3) is 2.55. The van der Waals surface area contributed by atoms with Crippen LogP contribution in [0.5, 0.6) is 0 Å². The molecule has 3 aromatic rings.